The molecule has 0 unspecified atom stereocenters. The summed E-state index contributed by atoms with van der Waals surface area (Å²) in [4.78, 5) is 12.2. The molecule has 2 N–H and O–H groups in total. The summed E-state index contributed by atoms with van der Waals surface area (Å²) in [6.07, 6.45) is 0. The van der Waals surface area contributed by atoms with E-state index >= 15 is 0 Å². The predicted octanol–water partition coefficient (Wildman–Crippen LogP) is 3.47. The molecule has 0 saturated carbocycles. The molecule has 2 aromatic carbocycles. The quantitative estimate of drug-likeness (QED) is 0.896. The van der Waals surface area contributed by atoms with E-state index in [1.165, 1.54) is 0 Å². The van der Waals surface area contributed by atoms with Gasteiger partial charge in [0.15, 0.2) is 0 Å². The van der Waals surface area contributed by atoms with Crippen molar-refractivity contribution < 1.29 is 9.90 Å². The third-order valence-electron chi connectivity index (χ3n) is 3.11. The Hall–Kier alpha value is -2.13. The van der Waals surface area contributed by atoms with E-state index in [-0.39, 0.29) is 5.91 Å². The number of anilines is 1. The van der Waals surface area contributed by atoms with E-state index in [9.17, 15) is 9.90 Å². The highest BCUT2D eigenvalue weighted by molar-refractivity contribution is 6.04. The van der Waals surface area contributed by atoms with Gasteiger partial charge in [0.05, 0.1) is 5.60 Å². The van der Waals surface area contributed by atoms with Crippen LogP contribution in [0.25, 0.3) is 0 Å². The largest absolute Gasteiger partial charge is 0.386 e. The Morgan fingerprint density at radius 3 is 2.45 bits per heavy atom. The zero-order valence-electron chi connectivity index (χ0n) is 12.0. The second-order valence-electron chi connectivity index (χ2n) is 5.46. The van der Waals surface area contributed by atoms with Crippen LogP contribution in [0.3, 0.4) is 0 Å². The van der Waals surface area contributed by atoms with Crippen molar-refractivity contribution in [2.24, 2.45) is 0 Å². The van der Waals surface area contributed by atoms with Crippen molar-refractivity contribution in [3.05, 3.63) is 65.2 Å². The van der Waals surface area contributed by atoms with Crippen LogP contribution in [0.2, 0.25) is 0 Å². The van der Waals surface area contributed by atoms with Gasteiger partial charge >= 0.3 is 0 Å². The first-order valence-electron chi connectivity index (χ1n) is 6.57. The Balaban J connectivity index is 2.22. The Morgan fingerprint density at radius 2 is 1.80 bits per heavy atom. The average Bonchev–Trinajstić information content (AvgIpc) is 2.38. The normalized spacial score (nSPS) is 11.2. The highest BCUT2D eigenvalue weighted by Gasteiger charge is 2.17. The molecule has 20 heavy (non-hydrogen) atoms. The maximum absolute atomic E-state index is 12.2. The minimum atomic E-state index is -0.959. The highest BCUT2D eigenvalue weighted by Crippen LogP contribution is 2.21. The van der Waals surface area contributed by atoms with Crippen LogP contribution in [0, 0.1) is 6.92 Å². The maximum Gasteiger partial charge on any atom is 0.255 e. The van der Waals surface area contributed by atoms with Crippen molar-refractivity contribution in [1.29, 1.82) is 0 Å². The molecule has 0 fully saturated rings. The number of amides is 1. The summed E-state index contributed by atoms with van der Waals surface area (Å²) in [6.45, 7) is 5.37. The summed E-state index contributed by atoms with van der Waals surface area (Å²) in [7, 11) is 0. The number of hydrogen-bond acceptors (Lipinski definition) is 2. The first-order chi connectivity index (χ1) is 9.36. The van der Waals surface area contributed by atoms with E-state index in [2.05, 4.69) is 5.32 Å². The van der Waals surface area contributed by atoms with E-state index < -0.39 is 5.60 Å². The molecule has 0 atom stereocenters. The van der Waals surface area contributed by atoms with Crippen molar-refractivity contribution in [2.75, 3.05) is 5.32 Å². The third-order valence-corrected chi connectivity index (χ3v) is 3.11. The fraction of sp³-hybridized carbons (Fsp3) is 0.235. The van der Waals surface area contributed by atoms with Gasteiger partial charge in [-0.15, -0.1) is 0 Å². The van der Waals surface area contributed by atoms with Crippen LogP contribution in [0.15, 0.2) is 48.5 Å². The lowest BCUT2D eigenvalue weighted by atomic mass is 9.96. The number of hydrogen-bond donors (Lipinski definition) is 2. The number of carbonyl (C=O) groups excluding carboxylic acids is 1. The summed E-state index contributed by atoms with van der Waals surface area (Å²) in [5.41, 5.74) is 2.15. The van der Waals surface area contributed by atoms with Crippen LogP contribution < -0.4 is 5.32 Å². The molecular formula is C17H19NO2. The van der Waals surface area contributed by atoms with Gasteiger partial charge in [0, 0.05) is 11.3 Å². The number of aryl methyl sites for hydroxylation is 1. The summed E-state index contributed by atoms with van der Waals surface area (Å²) in [6, 6.07) is 14.7. The predicted molar refractivity (Wildman–Crippen MR) is 80.8 cm³/mol. The Morgan fingerprint density at radius 1 is 1.10 bits per heavy atom. The van der Waals surface area contributed by atoms with Crippen LogP contribution in [-0.4, -0.2) is 11.0 Å². The minimum Gasteiger partial charge on any atom is -0.386 e. The fourth-order valence-electron chi connectivity index (χ4n) is 1.97. The number of aliphatic hydroxyl groups is 1. The van der Waals surface area contributed by atoms with Gasteiger partial charge in [-0.1, -0.05) is 24.3 Å². The van der Waals surface area contributed by atoms with Crippen LogP contribution in [0.1, 0.15) is 35.3 Å². The molecule has 2 aromatic rings. The minimum absolute atomic E-state index is 0.179. The van der Waals surface area contributed by atoms with E-state index in [4.69, 9.17) is 0 Å². The molecule has 0 bridgehead atoms. The molecule has 0 aliphatic heterocycles. The first kappa shape index (κ1) is 14.3. The molecule has 0 heterocycles. The van der Waals surface area contributed by atoms with Crippen LogP contribution >= 0.6 is 0 Å². The van der Waals surface area contributed by atoms with Crippen molar-refractivity contribution in [1.82, 2.24) is 0 Å². The van der Waals surface area contributed by atoms with E-state index in [1.807, 2.05) is 37.3 Å². The van der Waals surface area contributed by atoms with E-state index in [0.717, 1.165) is 16.8 Å². The zero-order chi connectivity index (χ0) is 14.8. The summed E-state index contributed by atoms with van der Waals surface area (Å²) in [5.74, 6) is -0.179. The zero-order valence-corrected chi connectivity index (χ0v) is 12.0. The lowest BCUT2D eigenvalue weighted by Gasteiger charge is -2.18. The summed E-state index contributed by atoms with van der Waals surface area (Å²) < 4.78 is 0. The molecule has 3 heteroatoms. The molecular weight excluding hydrogens is 250 g/mol. The lowest BCUT2D eigenvalue weighted by Crippen LogP contribution is -2.18. The highest BCUT2D eigenvalue weighted by atomic mass is 16.3. The lowest BCUT2D eigenvalue weighted by molar-refractivity contribution is 0.0785. The van der Waals surface area contributed by atoms with Crippen LogP contribution in [0.4, 0.5) is 5.69 Å². The number of rotatable bonds is 3. The van der Waals surface area contributed by atoms with Gasteiger partial charge in [-0.3, -0.25) is 4.79 Å². The van der Waals surface area contributed by atoms with Gasteiger partial charge in [0.25, 0.3) is 5.91 Å². The number of nitrogens with one attached hydrogen (secondary N) is 1. The van der Waals surface area contributed by atoms with Gasteiger partial charge in [-0.25, -0.2) is 0 Å². The Labute approximate surface area is 119 Å². The fourth-order valence-corrected chi connectivity index (χ4v) is 1.97. The van der Waals surface area contributed by atoms with Crippen molar-refractivity contribution in [2.45, 2.75) is 26.4 Å². The second-order valence-corrected chi connectivity index (χ2v) is 5.46. The average molecular weight is 269 g/mol. The van der Waals surface area contributed by atoms with Gasteiger partial charge in [0.1, 0.15) is 0 Å². The van der Waals surface area contributed by atoms with Crippen molar-refractivity contribution in [3.8, 4) is 0 Å². The molecule has 2 rings (SSSR count). The van der Waals surface area contributed by atoms with E-state index in [1.54, 1.807) is 32.0 Å². The standard InChI is InChI=1S/C17H19NO2/c1-12-6-4-9-15(10-12)18-16(19)13-7-5-8-14(11-13)17(2,3)20/h4-11,20H,1-3H3,(H,18,19). The Kier molecular flexibility index (Phi) is 3.91. The van der Waals surface area contributed by atoms with Crippen molar-refractivity contribution in [3.63, 3.8) is 0 Å². The van der Waals surface area contributed by atoms with Gasteiger partial charge in [0.2, 0.25) is 0 Å². The topological polar surface area (TPSA) is 49.3 Å². The number of carbonyl (C=O) groups is 1. The van der Waals surface area contributed by atoms with E-state index in [0.29, 0.717) is 5.56 Å². The third kappa shape index (κ3) is 3.45. The SMILES string of the molecule is Cc1cccc(NC(=O)c2cccc(C(C)(C)O)c2)c1. The molecule has 0 radical (unpaired) electrons. The van der Waals surface area contributed by atoms with Crippen LogP contribution in [-0.2, 0) is 5.60 Å². The molecule has 3 nitrogen and oxygen atoms in total. The van der Waals surface area contributed by atoms with Gasteiger partial charge < -0.3 is 10.4 Å². The van der Waals surface area contributed by atoms with Gasteiger partial charge in [-0.05, 0) is 56.2 Å². The smallest absolute Gasteiger partial charge is 0.255 e. The summed E-state index contributed by atoms with van der Waals surface area (Å²) >= 11 is 0. The van der Waals surface area contributed by atoms with Crippen molar-refractivity contribution >= 4 is 11.6 Å². The number of benzene rings is 2. The van der Waals surface area contributed by atoms with Gasteiger partial charge in [-0.2, -0.15) is 0 Å². The second kappa shape index (κ2) is 5.47. The first-order valence-corrected chi connectivity index (χ1v) is 6.57. The monoisotopic (exact) mass is 269 g/mol. The molecule has 0 saturated heterocycles. The Bertz CT molecular complexity index is 627. The molecule has 104 valence electrons. The summed E-state index contributed by atoms with van der Waals surface area (Å²) in [5, 5.41) is 12.8. The maximum atomic E-state index is 12.2. The molecule has 0 spiro atoms. The molecule has 1 amide bonds. The molecule has 0 aromatic heterocycles. The molecule has 0 aliphatic rings. The molecule has 0 aliphatic carbocycles. The van der Waals surface area contributed by atoms with Crippen LogP contribution in [0.5, 0.6) is 0 Å².